The molecule has 2 aromatic rings. The molecule has 0 amide bonds. The Kier molecular flexibility index (Phi) is 4.74. The van der Waals surface area contributed by atoms with E-state index in [0.717, 1.165) is 10.0 Å². The van der Waals surface area contributed by atoms with E-state index in [1.165, 1.54) is 0 Å². The van der Waals surface area contributed by atoms with Gasteiger partial charge in [0.15, 0.2) is 0 Å². The van der Waals surface area contributed by atoms with Crippen LogP contribution in [0.3, 0.4) is 0 Å². The Bertz CT molecular complexity index is 602. The number of rotatable bonds is 3. The Morgan fingerprint density at radius 2 is 1.89 bits per heavy atom. The van der Waals surface area contributed by atoms with E-state index >= 15 is 0 Å². The number of nitrogens with two attached hydrogens (primary N) is 1. The van der Waals surface area contributed by atoms with Crippen molar-refractivity contribution in [2.24, 2.45) is 5.73 Å². The minimum absolute atomic E-state index is 0.148. The van der Waals surface area contributed by atoms with E-state index in [0.29, 0.717) is 21.5 Å². The van der Waals surface area contributed by atoms with Crippen molar-refractivity contribution in [1.29, 1.82) is 0 Å². The van der Waals surface area contributed by atoms with Gasteiger partial charge < -0.3 is 10.5 Å². The van der Waals surface area contributed by atoms with E-state index in [1.807, 2.05) is 25.1 Å². The van der Waals surface area contributed by atoms with Crippen molar-refractivity contribution >= 4 is 39.1 Å². The first kappa shape index (κ1) is 14.7. The number of halogens is 3. The molecule has 0 aliphatic rings. The third-order valence-electron chi connectivity index (χ3n) is 2.60. The highest BCUT2D eigenvalue weighted by Gasteiger charge is 2.12. The molecule has 1 unspecified atom stereocenters. The molecule has 0 aliphatic heterocycles. The summed E-state index contributed by atoms with van der Waals surface area (Å²) in [5.41, 5.74) is 6.84. The summed E-state index contributed by atoms with van der Waals surface area (Å²) in [6, 6.07) is 10.8. The first-order valence-electron chi connectivity index (χ1n) is 5.66. The lowest BCUT2D eigenvalue weighted by molar-refractivity contribution is 0.472. The van der Waals surface area contributed by atoms with Crippen LogP contribution in [0.5, 0.6) is 11.5 Å². The van der Waals surface area contributed by atoms with Crippen LogP contribution in [0.25, 0.3) is 0 Å². The van der Waals surface area contributed by atoms with Crippen LogP contribution in [0.1, 0.15) is 18.5 Å². The van der Waals surface area contributed by atoms with Gasteiger partial charge in [0, 0.05) is 16.1 Å². The SMILES string of the molecule is CC(N)c1cc(Br)ccc1Oc1cccc(Cl)c1Cl. The highest BCUT2D eigenvalue weighted by molar-refractivity contribution is 9.10. The molecule has 1 atom stereocenters. The van der Waals surface area contributed by atoms with Gasteiger partial charge in [0.1, 0.15) is 16.5 Å². The molecule has 0 radical (unpaired) electrons. The number of benzene rings is 2. The Morgan fingerprint density at radius 1 is 1.16 bits per heavy atom. The third kappa shape index (κ3) is 3.42. The summed E-state index contributed by atoms with van der Waals surface area (Å²) in [6.45, 7) is 1.90. The molecule has 100 valence electrons. The molecule has 0 saturated carbocycles. The molecule has 19 heavy (non-hydrogen) atoms. The second-order valence-electron chi connectivity index (χ2n) is 4.12. The summed E-state index contributed by atoms with van der Waals surface area (Å²) in [5, 5.41) is 0.848. The topological polar surface area (TPSA) is 35.2 Å². The van der Waals surface area contributed by atoms with Crippen molar-refractivity contribution in [2.45, 2.75) is 13.0 Å². The second kappa shape index (κ2) is 6.14. The van der Waals surface area contributed by atoms with Crippen LogP contribution in [0.4, 0.5) is 0 Å². The molecule has 0 fully saturated rings. The molecule has 0 heterocycles. The van der Waals surface area contributed by atoms with Gasteiger partial charge in [0.2, 0.25) is 0 Å². The van der Waals surface area contributed by atoms with Gasteiger partial charge in [-0.15, -0.1) is 0 Å². The summed E-state index contributed by atoms with van der Waals surface area (Å²) in [4.78, 5) is 0. The van der Waals surface area contributed by atoms with Gasteiger partial charge in [0.25, 0.3) is 0 Å². The Hall–Kier alpha value is -0.740. The van der Waals surface area contributed by atoms with Gasteiger partial charge in [-0.05, 0) is 37.3 Å². The van der Waals surface area contributed by atoms with Gasteiger partial charge in [-0.1, -0.05) is 45.2 Å². The van der Waals surface area contributed by atoms with Crippen LogP contribution >= 0.6 is 39.1 Å². The fourth-order valence-corrected chi connectivity index (χ4v) is 2.36. The molecule has 2 aromatic carbocycles. The standard InChI is InChI=1S/C14H12BrCl2NO/c1-8(18)10-7-9(15)5-6-12(10)19-13-4-2-3-11(16)14(13)17/h2-8H,18H2,1H3. The van der Waals surface area contributed by atoms with Gasteiger partial charge >= 0.3 is 0 Å². The van der Waals surface area contributed by atoms with Crippen LogP contribution in [0, 0.1) is 0 Å². The molecule has 0 spiro atoms. The normalized spacial score (nSPS) is 12.3. The fraction of sp³-hybridized carbons (Fsp3) is 0.143. The summed E-state index contributed by atoms with van der Waals surface area (Å²) in [6.07, 6.45) is 0. The molecular formula is C14H12BrCl2NO. The molecule has 2 nitrogen and oxygen atoms in total. The van der Waals surface area contributed by atoms with E-state index in [-0.39, 0.29) is 6.04 Å². The fourth-order valence-electron chi connectivity index (χ4n) is 1.65. The van der Waals surface area contributed by atoms with Crippen molar-refractivity contribution in [3.8, 4) is 11.5 Å². The zero-order valence-electron chi connectivity index (χ0n) is 10.2. The molecule has 2 N–H and O–H groups in total. The van der Waals surface area contributed by atoms with Gasteiger partial charge in [0.05, 0.1) is 5.02 Å². The molecule has 0 aliphatic carbocycles. The average Bonchev–Trinajstić information content (AvgIpc) is 2.36. The Labute approximate surface area is 130 Å². The van der Waals surface area contributed by atoms with Gasteiger partial charge in [-0.25, -0.2) is 0 Å². The number of hydrogen-bond donors (Lipinski definition) is 1. The van der Waals surface area contributed by atoms with Crippen molar-refractivity contribution in [3.05, 3.63) is 56.5 Å². The predicted molar refractivity (Wildman–Crippen MR) is 83.3 cm³/mol. The van der Waals surface area contributed by atoms with Crippen LogP contribution in [-0.2, 0) is 0 Å². The van der Waals surface area contributed by atoms with E-state index in [1.54, 1.807) is 18.2 Å². The number of hydrogen-bond acceptors (Lipinski definition) is 2. The molecule has 0 bridgehead atoms. The van der Waals surface area contributed by atoms with Crippen LogP contribution < -0.4 is 10.5 Å². The predicted octanol–water partition coefficient (Wildman–Crippen LogP) is 5.57. The van der Waals surface area contributed by atoms with Crippen molar-refractivity contribution in [2.75, 3.05) is 0 Å². The average molecular weight is 361 g/mol. The highest BCUT2D eigenvalue weighted by Crippen LogP contribution is 2.37. The minimum atomic E-state index is -0.148. The smallest absolute Gasteiger partial charge is 0.147 e. The van der Waals surface area contributed by atoms with Crippen LogP contribution in [-0.4, -0.2) is 0 Å². The lowest BCUT2D eigenvalue weighted by Gasteiger charge is -2.15. The lowest BCUT2D eigenvalue weighted by atomic mass is 10.1. The number of ether oxygens (including phenoxy) is 1. The van der Waals surface area contributed by atoms with E-state index in [2.05, 4.69) is 15.9 Å². The largest absolute Gasteiger partial charge is 0.455 e. The summed E-state index contributed by atoms with van der Waals surface area (Å²) in [7, 11) is 0. The van der Waals surface area contributed by atoms with Crippen LogP contribution in [0.2, 0.25) is 10.0 Å². The Morgan fingerprint density at radius 3 is 2.58 bits per heavy atom. The monoisotopic (exact) mass is 359 g/mol. The van der Waals surface area contributed by atoms with E-state index in [9.17, 15) is 0 Å². The zero-order valence-corrected chi connectivity index (χ0v) is 13.3. The minimum Gasteiger partial charge on any atom is -0.455 e. The molecule has 0 saturated heterocycles. The maximum absolute atomic E-state index is 6.11. The molecule has 2 rings (SSSR count). The maximum atomic E-state index is 6.11. The van der Waals surface area contributed by atoms with Crippen LogP contribution in [0.15, 0.2) is 40.9 Å². The maximum Gasteiger partial charge on any atom is 0.147 e. The first-order chi connectivity index (χ1) is 8.99. The summed E-state index contributed by atoms with van der Waals surface area (Å²) in [5.74, 6) is 1.18. The zero-order chi connectivity index (χ0) is 14.0. The lowest BCUT2D eigenvalue weighted by Crippen LogP contribution is -2.06. The second-order valence-corrected chi connectivity index (χ2v) is 5.83. The van der Waals surface area contributed by atoms with Gasteiger partial charge in [-0.2, -0.15) is 0 Å². The first-order valence-corrected chi connectivity index (χ1v) is 7.21. The molecular weight excluding hydrogens is 349 g/mol. The summed E-state index contributed by atoms with van der Waals surface area (Å²) >= 11 is 15.5. The highest BCUT2D eigenvalue weighted by atomic mass is 79.9. The Balaban J connectivity index is 2.41. The van der Waals surface area contributed by atoms with Crippen molar-refractivity contribution in [3.63, 3.8) is 0 Å². The van der Waals surface area contributed by atoms with Crippen molar-refractivity contribution < 1.29 is 4.74 Å². The van der Waals surface area contributed by atoms with E-state index < -0.39 is 0 Å². The van der Waals surface area contributed by atoms with E-state index in [4.69, 9.17) is 33.7 Å². The molecule has 0 aromatic heterocycles. The van der Waals surface area contributed by atoms with Gasteiger partial charge in [-0.3, -0.25) is 0 Å². The van der Waals surface area contributed by atoms with Crippen molar-refractivity contribution in [1.82, 2.24) is 0 Å². The molecule has 5 heteroatoms. The quantitative estimate of drug-likeness (QED) is 0.776. The third-order valence-corrected chi connectivity index (χ3v) is 3.89. The summed E-state index contributed by atoms with van der Waals surface area (Å²) < 4.78 is 6.77.